The predicted molar refractivity (Wildman–Crippen MR) is 61.7 cm³/mol. The largest absolute Gasteiger partial charge is 0.305 e. The van der Waals surface area contributed by atoms with E-state index in [1.807, 2.05) is 13.8 Å². The quantitative estimate of drug-likeness (QED) is 0.780. The van der Waals surface area contributed by atoms with Crippen molar-refractivity contribution in [1.29, 1.82) is 0 Å². The molecule has 1 rings (SSSR count). The van der Waals surface area contributed by atoms with E-state index >= 15 is 0 Å². The van der Waals surface area contributed by atoms with Gasteiger partial charge in [0.2, 0.25) is 5.91 Å². The SMILES string of the molecule is CCC1(CC)CSC(NC(C)=O)=NC1=O. The molecule has 1 aliphatic heterocycles. The molecule has 0 atom stereocenters. The average Bonchev–Trinajstić information content (AvgIpc) is 2.18. The number of rotatable bonds is 2. The third-order valence-corrected chi connectivity index (χ3v) is 3.94. The summed E-state index contributed by atoms with van der Waals surface area (Å²) in [7, 11) is 0. The Morgan fingerprint density at radius 1 is 1.53 bits per heavy atom. The third kappa shape index (κ3) is 2.59. The van der Waals surface area contributed by atoms with Crippen molar-refractivity contribution in [2.45, 2.75) is 33.6 Å². The van der Waals surface area contributed by atoms with Crippen molar-refractivity contribution >= 4 is 28.7 Å². The van der Waals surface area contributed by atoms with Gasteiger partial charge in [-0.25, -0.2) is 0 Å². The maximum atomic E-state index is 11.8. The molecule has 0 aromatic rings. The van der Waals surface area contributed by atoms with Crippen LogP contribution in [0.5, 0.6) is 0 Å². The molecular formula is C10H16N2O2S. The Balaban J connectivity index is 2.81. The molecule has 1 aliphatic rings. The molecule has 4 nitrogen and oxygen atoms in total. The second kappa shape index (κ2) is 4.79. The van der Waals surface area contributed by atoms with Crippen LogP contribution in [0.15, 0.2) is 4.99 Å². The molecule has 0 bridgehead atoms. The van der Waals surface area contributed by atoms with Gasteiger partial charge in [0, 0.05) is 12.7 Å². The van der Waals surface area contributed by atoms with Gasteiger partial charge in [-0.3, -0.25) is 9.59 Å². The summed E-state index contributed by atoms with van der Waals surface area (Å²) in [4.78, 5) is 26.5. The fraction of sp³-hybridized carbons (Fsp3) is 0.700. The van der Waals surface area contributed by atoms with Crippen LogP contribution in [0.4, 0.5) is 0 Å². The number of aliphatic imine (C=N–C) groups is 1. The molecular weight excluding hydrogens is 212 g/mol. The van der Waals surface area contributed by atoms with E-state index in [0.29, 0.717) is 10.9 Å². The van der Waals surface area contributed by atoms with E-state index in [1.54, 1.807) is 0 Å². The fourth-order valence-electron chi connectivity index (χ4n) is 1.48. The van der Waals surface area contributed by atoms with E-state index in [9.17, 15) is 9.59 Å². The highest BCUT2D eigenvalue weighted by Gasteiger charge is 2.38. The summed E-state index contributed by atoms with van der Waals surface area (Å²) >= 11 is 1.45. The summed E-state index contributed by atoms with van der Waals surface area (Å²) in [6.45, 7) is 5.41. The second-order valence-corrected chi connectivity index (χ2v) is 4.64. The van der Waals surface area contributed by atoms with E-state index in [4.69, 9.17) is 0 Å². The Labute approximate surface area is 93.9 Å². The lowest BCUT2D eigenvalue weighted by Gasteiger charge is -2.30. The van der Waals surface area contributed by atoms with Crippen molar-refractivity contribution in [3.63, 3.8) is 0 Å². The van der Waals surface area contributed by atoms with Gasteiger partial charge >= 0.3 is 0 Å². The van der Waals surface area contributed by atoms with E-state index in [1.165, 1.54) is 18.7 Å². The zero-order chi connectivity index (χ0) is 11.5. The van der Waals surface area contributed by atoms with E-state index in [0.717, 1.165) is 12.8 Å². The van der Waals surface area contributed by atoms with Gasteiger partial charge < -0.3 is 5.32 Å². The first-order valence-corrected chi connectivity index (χ1v) is 6.06. The Morgan fingerprint density at radius 3 is 2.53 bits per heavy atom. The number of carbonyl (C=O) groups is 2. The molecule has 0 saturated carbocycles. The number of amidine groups is 1. The molecule has 0 spiro atoms. The number of carbonyl (C=O) groups excluding carboxylic acids is 2. The highest BCUT2D eigenvalue weighted by Crippen LogP contribution is 2.35. The number of hydrogen-bond acceptors (Lipinski definition) is 3. The van der Waals surface area contributed by atoms with Crippen LogP contribution in [0.3, 0.4) is 0 Å². The minimum absolute atomic E-state index is 0.102. The maximum absolute atomic E-state index is 11.8. The molecule has 0 aliphatic carbocycles. The van der Waals surface area contributed by atoms with Crippen LogP contribution >= 0.6 is 11.8 Å². The molecule has 0 saturated heterocycles. The van der Waals surface area contributed by atoms with Gasteiger partial charge in [0.1, 0.15) is 0 Å². The summed E-state index contributed by atoms with van der Waals surface area (Å²) in [5.74, 6) is 0.419. The lowest BCUT2D eigenvalue weighted by atomic mass is 9.83. The minimum Gasteiger partial charge on any atom is -0.305 e. The van der Waals surface area contributed by atoms with E-state index < -0.39 is 0 Å². The first-order valence-electron chi connectivity index (χ1n) is 5.07. The lowest BCUT2D eigenvalue weighted by molar-refractivity contribution is -0.126. The highest BCUT2D eigenvalue weighted by atomic mass is 32.2. The molecule has 0 aromatic carbocycles. The molecule has 2 amide bonds. The maximum Gasteiger partial charge on any atom is 0.255 e. The fourth-order valence-corrected chi connectivity index (χ4v) is 2.79. The molecule has 84 valence electrons. The Bertz CT molecular complexity index is 309. The lowest BCUT2D eigenvalue weighted by Crippen LogP contribution is -2.39. The van der Waals surface area contributed by atoms with Crippen molar-refractivity contribution in [2.75, 3.05) is 5.75 Å². The van der Waals surface area contributed by atoms with Crippen molar-refractivity contribution < 1.29 is 9.59 Å². The zero-order valence-corrected chi connectivity index (χ0v) is 10.1. The molecule has 1 heterocycles. The number of thioether (sulfide) groups is 1. The molecule has 15 heavy (non-hydrogen) atoms. The number of nitrogens with one attached hydrogen (secondary N) is 1. The third-order valence-electron chi connectivity index (χ3n) is 2.78. The molecule has 0 radical (unpaired) electrons. The topological polar surface area (TPSA) is 58.5 Å². The van der Waals surface area contributed by atoms with Gasteiger partial charge in [-0.05, 0) is 12.8 Å². The van der Waals surface area contributed by atoms with E-state index in [2.05, 4.69) is 10.3 Å². The van der Waals surface area contributed by atoms with Crippen molar-refractivity contribution in [1.82, 2.24) is 5.32 Å². The van der Waals surface area contributed by atoms with Gasteiger partial charge in [-0.1, -0.05) is 25.6 Å². The first-order chi connectivity index (χ1) is 7.04. The molecule has 5 heteroatoms. The van der Waals surface area contributed by atoms with Gasteiger partial charge in [0.15, 0.2) is 5.17 Å². The minimum atomic E-state index is -0.327. The van der Waals surface area contributed by atoms with Crippen molar-refractivity contribution in [2.24, 2.45) is 10.4 Å². The molecule has 0 aromatic heterocycles. The monoisotopic (exact) mass is 228 g/mol. The summed E-state index contributed by atoms with van der Waals surface area (Å²) < 4.78 is 0. The molecule has 0 unspecified atom stereocenters. The average molecular weight is 228 g/mol. The van der Waals surface area contributed by atoms with Crippen LogP contribution in [0.1, 0.15) is 33.6 Å². The van der Waals surface area contributed by atoms with Crippen LogP contribution in [0.25, 0.3) is 0 Å². The molecule has 0 fully saturated rings. The van der Waals surface area contributed by atoms with Crippen molar-refractivity contribution in [3.05, 3.63) is 0 Å². The van der Waals surface area contributed by atoms with Crippen LogP contribution in [0.2, 0.25) is 0 Å². The van der Waals surface area contributed by atoms with Crippen LogP contribution < -0.4 is 5.32 Å². The second-order valence-electron chi connectivity index (χ2n) is 3.68. The molecule has 1 N–H and O–H groups in total. The number of nitrogens with zero attached hydrogens (tertiary/aromatic N) is 1. The normalized spacial score (nSPS) is 19.7. The van der Waals surface area contributed by atoms with Crippen LogP contribution in [-0.2, 0) is 9.59 Å². The highest BCUT2D eigenvalue weighted by molar-refractivity contribution is 8.14. The number of hydrogen-bond donors (Lipinski definition) is 1. The number of amides is 2. The Hall–Kier alpha value is -0.840. The zero-order valence-electron chi connectivity index (χ0n) is 9.29. The smallest absolute Gasteiger partial charge is 0.255 e. The van der Waals surface area contributed by atoms with Crippen molar-refractivity contribution in [3.8, 4) is 0 Å². The van der Waals surface area contributed by atoms with Crippen LogP contribution in [-0.4, -0.2) is 22.7 Å². The Morgan fingerprint density at radius 2 is 2.13 bits per heavy atom. The van der Waals surface area contributed by atoms with Gasteiger partial charge in [-0.15, -0.1) is 0 Å². The first kappa shape index (κ1) is 12.2. The van der Waals surface area contributed by atoms with Gasteiger partial charge in [0.25, 0.3) is 5.91 Å². The summed E-state index contributed by atoms with van der Waals surface area (Å²) in [5, 5.41) is 2.99. The predicted octanol–water partition coefficient (Wildman–Crippen LogP) is 1.56. The Kier molecular flexibility index (Phi) is 3.90. The van der Waals surface area contributed by atoms with E-state index in [-0.39, 0.29) is 17.2 Å². The summed E-state index contributed by atoms with van der Waals surface area (Å²) in [5.41, 5.74) is -0.327. The summed E-state index contributed by atoms with van der Waals surface area (Å²) in [6, 6.07) is 0. The van der Waals surface area contributed by atoms with Crippen LogP contribution in [0, 0.1) is 5.41 Å². The standard InChI is InChI=1S/C10H16N2O2S/c1-4-10(5-2)6-15-9(11-7(3)13)12-8(10)14/h4-6H2,1-3H3,(H,11,12,13,14). The van der Waals surface area contributed by atoms with Gasteiger partial charge in [0.05, 0.1) is 5.41 Å². The van der Waals surface area contributed by atoms with Gasteiger partial charge in [-0.2, -0.15) is 4.99 Å². The summed E-state index contributed by atoms with van der Waals surface area (Å²) in [6.07, 6.45) is 1.60.